The zero-order chi connectivity index (χ0) is 14.3. The molecule has 0 aliphatic rings. The Hall–Kier alpha value is -2.07. The van der Waals surface area contributed by atoms with Crippen molar-refractivity contribution in [3.63, 3.8) is 0 Å². The molecule has 0 amide bonds. The molecule has 3 N–H and O–H groups in total. The van der Waals surface area contributed by atoms with E-state index in [2.05, 4.69) is 15.9 Å². The molecule has 0 bridgehead atoms. The summed E-state index contributed by atoms with van der Waals surface area (Å²) < 4.78 is 14.6. The Morgan fingerprint density at radius 2 is 1.75 bits per heavy atom. The van der Waals surface area contributed by atoms with Crippen molar-refractivity contribution >= 4 is 32.4 Å². The largest absolute Gasteiger partial charge is 0.506 e. The van der Waals surface area contributed by atoms with Gasteiger partial charge in [-0.15, -0.1) is 0 Å². The van der Waals surface area contributed by atoms with Crippen molar-refractivity contribution < 1.29 is 9.50 Å². The lowest BCUT2D eigenvalue weighted by Gasteiger charge is -2.11. The summed E-state index contributed by atoms with van der Waals surface area (Å²) >= 11 is 3.37. The van der Waals surface area contributed by atoms with Crippen LogP contribution in [0.2, 0.25) is 0 Å². The number of fused-ring (bicyclic) bond motifs is 1. The van der Waals surface area contributed by atoms with Gasteiger partial charge in [0.1, 0.15) is 11.6 Å². The Morgan fingerprint density at radius 1 is 1.00 bits per heavy atom. The molecule has 4 heteroatoms. The molecular weight excluding hydrogens is 321 g/mol. The van der Waals surface area contributed by atoms with E-state index in [1.54, 1.807) is 18.2 Å². The Kier molecular flexibility index (Phi) is 3.10. The van der Waals surface area contributed by atoms with Crippen LogP contribution in [0.25, 0.3) is 21.9 Å². The highest BCUT2D eigenvalue weighted by Crippen LogP contribution is 2.41. The lowest BCUT2D eigenvalue weighted by molar-refractivity contribution is 0.474. The standard InChI is InChI=1S/C16H11BrFNO/c17-15-11-4-2-1-3-9(11)7-13(16(15)20)12-6-5-10(19)8-14(12)18/h1-8,20H,19H2. The van der Waals surface area contributed by atoms with Gasteiger partial charge in [-0.25, -0.2) is 4.39 Å². The summed E-state index contributed by atoms with van der Waals surface area (Å²) in [5.41, 5.74) is 6.67. The zero-order valence-corrected chi connectivity index (χ0v) is 12.0. The third-order valence-corrected chi connectivity index (χ3v) is 4.05. The second-order valence-electron chi connectivity index (χ2n) is 4.55. The maximum Gasteiger partial charge on any atom is 0.138 e. The summed E-state index contributed by atoms with van der Waals surface area (Å²) in [5.74, 6) is -0.435. The molecular formula is C16H11BrFNO. The Balaban J connectivity index is 2.34. The van der Waals surface area contributed by atoms with Crippen LogP contribution in [-0.2, 0) is 0 Å². The second-order valence-corrected chi connectivity index (χ2v) is 5.34. The minimum absolute atomic E-state index is 0.0207. The first kappa shape index (κ1) is 12.9. The molecule has 0 aromatic heterocycles. The van der Waals surface area contributed by atoms with E-state index in [0.29, 0.717) is 21.3 Å². The van der Waals surface area contributed by atoms with Crippen LogP contribution in [0.1, 0.15) is 0 Å². The minimum atomic E-state index is -0.456. The van der Waals surface area contributed by atoms with Crippen LogP contribution in [0.4, 0.5) is 10.1 Å². The van der Waals surface area contributed by atoms with Gasteiger partial charge in [0.25, 0.3) is 0 Å². The van der Waals surface area contributed by atoms with Gasteiger partial charge in [0.2, 0.25) is 0 Å². The van der Waals surface area contributed by atoms with Crippen molar-refractivity contribution in [3.05, 3.63) is 58.8 Å². The van der Waals surface area contributed by atoms with Gasteiger partial charge in [-0.1, -0.05) is 24.3 Å². The SMILES string of the molecule is Nc1ccc(-c2cc3ccccc3c(Br)c2O)c(F)c1. The van der Waals surface area contributed by atoms with Crippen molar-refractivity contribution in [1.29, 1.82) is 0 Å². The molecule has 0 aliphatic carbocycles. The van der Waals surface area contributed by atoms with E-state index in [1.165, 1.54) is 6.07 Å². The van der Waals surface area contributed by atoms with E-state index in [-0.39, 0.29) is 5.75 Å². The lowest BCUT2D eigenvalue weighted by atomic mass is 9.99. The third kappa shape index (κ3) is 2.02. The molecule has 0 spiro atoms. The number of halogens is 2. The van der Waals surface area contributed by atoms with Crippen LogP contribution in [0.5, 0.6) is 5.75 Å². The molecule has 100 valence electrons. The second kappa shape index (κ2) is 4.80. The first-order chi connectivity index (χ1) is 9.58. The Bertz CT molecular complexity index is 817. The number of phenols is 1. The van der Waals surface area contributed by atoms with E-state index >= 15 is 0 Å². The quantitative estimate of drug-likeness (QED) is 0.635. The third-order valence-electron chi connectivity index (χ3n) is 3.24. The van der Waals surface area contributed by atoms with Crippen LogP contribution in [-0.4, -0.2) is 5.11 Å². The monoisotopic (exact) mass is 331 g/mol. The molecule has 0 aliphatic heterocycles. The Labute approximate surface area is 123 Å². The summed E-state index contributed by atoms with van der Waals surface area (Å²) in [6.45, 7) is 0. The van der Waals surface area contributed by atoms with Crippen molar-refractivity contribution in [2.24, 2.45) is 0 Å². The number of hydrogen-bond acceptors (Lipinski definition) is 2. The van der Waals surface area contributed by atoms with E-state index < -0.39 is 5.82 Å². The van der Waals surface area contributed by atoms with Crippen molar-refractivity contribution in [2.75, 3.05) is 5.73 Å². The lowest BCUT2D eigenvalue weighted by Crippen LogP contribution is -1.91. The van der Waals surface area contributed by atoms with E-state index in [4.69, 9.17) is 5.73 Å². The van der Waals surface area contributed by atoms with Gasteiger partial charge in [0.15, 0.2) is 0 Å². The van der Waals surface area contributed by atoms with Crippen LogP contribution >= 0.6 is 15.9 Å². The number of anilines is 1. The summed E-state index contributed by atoms with van der Waals surface area (Å²) in [6.07, 6.45) is 0. The maximum atomic E-state index is 14.0. The summed E-state index contributed by atoms with van der Waals surface area (Å²) in [5, 5.41) is 12.1. The normalized spacial score (nSPS) is 10.9. The number of aromatic hydroxyl groups is 1. The number of benzene rings is 3. The smallest absolute Gasteiger partial charge is 0.138 e. The highest BCUT2D eigenvalue weighted by atomic mass is 79.9. The molecule has 3 rings (SSSR count). The van der Waals surface area contributed by atoms with Crippen LogP contribution in [0.3, 0.4) is 0 Å². The molecule has 3 aromatic rings. The van der Waals surface area contributed by atoms with E-state index in [9.17, 15) is 9.50 Å². The topological polar surface area (TPSA) is 46.2 Å². The average Bonchev–Trinajstić information content (AvgIpc) is 2.43. The molecule has 20 heavy (non-hydrogen) atoms. The van der Waals surface area contributed by atoms with Crippen LogP contribution in [0.15, 0.2) is 53.0 Å². The highest BCUT2D eigenvalue weighted by molar-refractivity contribution is 9.10. The van der Waals surface area contributed by atoms with Gasteiger partial charge in [0, 0.05) is 16.8 Å². The molecule has 0 saturated carbocycles. The number of phenolic OH excluding ortho intramolecular Hbond substituents is 1. The molecule has 0 atom stereocenters. The molecule has 0 fully saturated rings. The first-order valence-corrected chi connectivity index (χ1v) is 6.83. The van der Waals surface area contributed by atoms with Gasteiger partial charge in [-0.2, -0.15) is 0 Å². The molecule has 0 unspecified atom stereocenters. The van der Waals surface area contributed by atoms with Gasteiger partial charge >= 0.3 is 0 Å². The van der Waals surface area contributed by atoms with Crippen LogP contribution < -0.4 is 5.73 Å². The number of hydrogen-bond donors (Lipinski definition) is 2. The number of nitrogen functional groups attached to an aromatic ring is 1. The maximum absolute atomic E-state index is 14.0. The van der Waals surface area contributed by atoms with Gasteiger partial charge < -0.3 is 10.8 Å². The fourth-order valence-corrected chi connectivity index (χ4v) is 2.82. The fourth-order valence-electron chi connectivity index (χ4n) is 2.25. The van der Waals surface area contributed by atoms with Crippen molar-refractivity contribution in [2.45, 2.75) is 0 Å². The van der Waals surface area contributed by atoms with Crippen LogP contribution in [0, 0.1) is 5.82 Å². The molecule has 0 radical (unpaired) electrons. The molecule has 0 heterocycles. The highest BCUT2D eigenvalue weighted by Gasteiger charge is 2.15. The summed E-state index contributed by atoms with van der Waals surface area (Å²) in [6, 6.07) is 13.8. The fraction of sp³-hybridized carbons (Fsp3) is 0. The number of nitrogens with two attached hydrogens (primary N) is 1. The summed E-state index contributed by atoms with van der Waals surface area (Å²) in [4.78, 5) is 0. The van der Waals surface area contributed by atoms with Gasteiger partial charge in [-0.3, -0.25) is 0 Å². The van der Waals surface area contributed by atoms with Gasteiger partial charge in [0.05, 0.1) is 4.47 Å². The van der Waals surface area contributed by atoms with E-state index in [0.717, 1.165) is 10.8 Å². The molecule has 2 nitrogen and oxygen atoms in total. The summed E-state index contributed by atoms with van der Waals surface area (Å²) in [7, 11) is 0. The minimum Gasteiger partial charge on any atom is -0.506 e. The predicted octanol–water partition coefficient (Wildman–Crippen LogP) is 4.70. The zero-order valence-electron chi connectivity index (χ0n) is 10.4. The van der Waals surface area contributed by atoms with E-state index in [1.807, 2.05) is 24.3 Å². The average molecular weight is 332 g/mol. The molecule has 3 aromatic carbocycles. The van der Waals surface area contributed by atoms with Gasteiger partial charge in [-0.05, 0) is 51.0 Å². The van der Waals surface area contributed by atoms with Crippen molar-refractivity contribution in [1.82, 2.24) is 0 Å². The first-order valence-electron chi connectivity index (χ1n) is 6.03. The Morgan fingerprint density at radius 3 is 2.50 bits per heavy atom. The number of rotatable bonds is 1. The van der Waals surface area contributed by atoms with Crippen molar-refractivity contribution in [3.8, 4) is 16.9 Å². The predicted molar refractivity (Wildman–Crippen MR) is 83.1 cm³/mol. The molecule has 0 saturated heterocycles.